The van der Waals surface area contributed by atoms with Crippen LogP contribution in [0, 0.1) is 0 Å². The minimum Gasteiger partial charge on any atom is -0.456 e. The first-order valence-electron chi connectivity index (χ1n) is 9.18. The lowest BCUT2D eigenvalue weighted by Gasteiger charge is -2.17. The van der Waals surface area contributed by atoms with E-state index in [0.717, 1.165) is 16.5 Å². The summed E-state index contributed by atoms with van der Waals surface area (Å²) in [7, 11) is 0. The molecule has 2 aromatic carbocycles. The van der Waals surface area contributed by atoms with E-state index in [1.54, 1.807) is 36.4 Å². The van der Waals surface area contributed by atoms with Gasteiger partial charge in [-0.15, -0.1) is 0 Å². The Bertz CT molecular complexity index is 1310. The molecule has 0 radical (unpaired) electrons. The third kappa shape index (κ3) is 3.60. The second-order valence-corrected chi connectivity index (χ2v) is 6.72. The van der Waals surface area contributed by atoms with E-state index in [1.807, 2.05) is 24.3 Å². The normalized spacial score (nSPS) is 10.8. The summed E-state index contributed by atoms with van der Waals surface area (Å²) in [5, 5.41) is 7.27. The summed E-state index contributed by atoms with van der Waals surface area (Å²) < 4.78 is 15.9. The van der Waals surface area contributed by atoms with Crippen LogP contribution in [0.5, 0.6) is 0 Å². The molecule has 0 spiro atoms. The zero-order valence-corrected chi connectivity index (χ0v) is 16.2. The lowest BCUT2D eigenvalue weighted by Crippen LogP contribution is -2.44. The standard InChI is InChI=1S/C23H18N2O5/c1-13(26)28-12-29-23(27)17-5-3-2-4-16(17)22-18-8-6-14(24)10-20(18)30-21-11-15(25)7-9-19(21)22/h2-11,24H,12,25H2,1H3/p+1. The molecule has 2 aromatic rings. The Morgan fingerprint density at radius 2 is 1.80 bits per heavy atom. The molecule has 0 amide bonds. The number of hydrogen-bond acceptors (Lipinski definition) is 6. The predicted molar refractivity (Wildman–Crippen MR) is 110 cm³/mol. The van der Waals surface area contributed by atoms with Gasteiger partial charge >= 0.3 is 11.9 Å². The average molecular weight is 403 g/mol. The lowest BCUT2D eigenvalue weighted by atomic mass is 9.91. The topological polar surface area (TPSA) is 117 Å². The zero-order valence-electron chi connectivity index (χ0n) is 16.2. The van der Waals surface area contributed by atoms with Crippen molar-refractivity contribution in [1.82, 2.24) is 0 Å². The van der Waals surface area contributed by atoms with E-state index in [9.17, 15) is 9.59 Å². The van der Waals surface area contributed by atoms with Gasteiger partial charge in [-0.2, -0.15) is 0 Å². The van der Waals surface area contributed by atoms with E-state index in [4.69, 9.17) is 25.0 Å². The van der Waals surface area contributed by atoms with Gasteiger partial charge in [-0.3, -0.25) is 10.2 Å². The number of nitrogens with two attached hydrogens (primary N) is 2. The smallest absolute Gasteiger partial charge is 0.341 e. The van der Waals surface area contributed by atoms with Crippen LogP contribution in [0.1, 0.15) is 17.3 Å². The van der Waals surface area contributed by atoms with E-state index < -0.39 is 18.7 Å². The molecule has 1 heterocycles. The van der Waals surface area contributed by atoms with Gasteiger partial charge in [0, 0.05) is 41.3 Å². The second kappa shape index (κ2) is 7.71. The third-order valence-electron chi connectivity index (χ3n) is 4.64. The van der Waals surface area contributed by atoms with Gasteiger partial charge in [0.15, 0.2) is 5.36 Å². The van der Waals surface area contributed by atoms with Crippen LogP contribution in [0.3, 0.4) is 0 Å². The molecule has 30 heavy (non-hydrogen) atoms. The molecular weight excluding hydrogens is 384 g/mol. The molecule has 0 unspecified atom stereocenters. The first-order chi connectivity index (χ1) is 14.4. The van der Waals surface area contributed by atoms with E-state index in [-0.39, 0.29) is 0 Å². The number of hydrogen-bond donors (Lipinski definition) is 2. The first-order valence-corrected chi connectivity index (χ1v) is 9.18. The van der Waals surface area contributed by atoms with Crippen molar-refractivity contribution in [3.05, 3.63) is 71.6 Å². The molecular formula is C23H19N2O5+. The van der Waals surface area contributed by atoms with Crippen LogP contribution in [-0.4, -0.2) is 18.7 Å². The minimum absolute atomic E-state index is 0.326. The number of esters is 2. The Hall–Kier alpha value is -4.13. The number of nitrogen functional groups attached to an aromatic ring is 1. The maximum absolute atomic E-state index is 12.7. The molecule has 0 aromatic heterocycles. The number of benzene rings is 3. The number of carbonyl (C=O) groups is 2. The summed E-state index contributed by atoms with van der Waals surface area (Å²) >= 11 is 0. The number of rotatable bonds is 4. The maximum Gasteiger partial charge on any atom is 0.341 e. The third-order valence-corrected chi connectivity index (χ3v) is 4.64. The molecule has 2 aliphatic rings. The van der Waals surface area contributed by atoms with Crippen molar-refractivity contribution in [2.75, 3.05) is 12.5 Å². The van der Waals surface area contributed by atoms with E-state index in [1.165, 1.54) is 6.92 Å². The van der Waals surface area contributed by atoms with Gasteiger partial charge in [-0.25, -0.2) is 4.79 Å². The van der Waals surface area contributed by atoms with E-state index in [2.05, 4.69) is 0 Å². The number of fused-ring (bicyclic) bond motifs is 2. The minimum atomic E-state index is -0.611. The SMILES string of the molecule is CC(=O)OCOC(=O)c1ccccc1-c1c2ccc(=[NH2+])cc-2oc2cc(N)ccc12. The Morgan fingerprint density at radius 3 is 2.60 bits per heavy atom. The Morgan fingerprint density at radius 1 is 1.00 bits per heavy atom. The summed E-state index contributed by atoms with van der Waals surface area (Å²) in [5.74, 6) is -0.584. The van der Waals surface area contributed by atoms with Gasteiger partial charge in [0.25, 0.3) is 0 Å². The largest absolute Gasteiger partial charge is 0.456 e. The average Bonchev–Trinajstić information content (AvgIpc) is 2.71. The highest BCUT2D eigenvalue weighted by Crippen LogP contribution is 2.41. The molecule has 150 valence electrons. The molecule has 0 atom stereocenters. The van der Waals surface area contributed by atoms with Crippen LogP contribution in [0.25, 0.3) is 33.4 Å². The van der Waals surface area contributed by atoms with Crippen LogP contribution in [0.15, 0.2) is 65.1 Å². The highest BCUT2D eigenvalue weighted by molar-refractivity contribution is 6.08. The summed E-state index contributed by atoms with van der Waals surface area (Å²) in [4.78, 5) is 23.7. The van der Waals surface area contributed by atoms with Crippen LogP contribution < -0.4 is 16.5 Å². The number of carbonyl (C=O) groups excluding carboxylic acids is 2. The molecule has 0 saturated heterocycles. The fraction of sp³-hybridized carbons (Fsp3) is 0.0870. The van der Waals surface area contributed by atoms with Crippen molar-refractivity contribution >= 4 is 28.6 Å². The van der Waals surface area contributed by atoms with Crippen LogP contribution in [-0.2, 0) is 14.3 Å². The molecule has 0 fully saturated rings. The van der Waals surface area contributed by atoms with Crippen molar-refractivity contribution in [2.24, 2.45) is 0 Å². The first kappa shape index (κ1) is 19.2. The van der Waals surface area contributed by atoms with Crippen LogP contribution in [0.2, 0.25) is 0 Å². The predicted octanol–water partition coefficient (Wildman–Crippen LogP) is 2.12. The van der Waals surface area contributed by atoms with Gasteiger partial charge < -0.3 is 19.6 Å². The molecule has 4 rings (SSSR count). The van der Waals surface area contributed by atoms with Gasteiger partial charge in [-0.05, 0) is 29.8 Å². The van der Waals surface area contributed by atoms with Crippen molar-refractivity contribution in [3.63, 3.8) is 0 Å². The summed E-state index contributed by atoms with van der Waals surface area (Å²) in [6, 6.07) is 17.7. The summed E-state index contributed by atoms with van der Waals surface area (Å²) in [6.45, 7) is 0.784. The van der Waals surface area contributed by atoms with Crippen LogP contribution >= 0.6 is 0 Å². The molecule has 1 aliphatic carbocycles. The Kier molecular flexibility index (Phi) is 4.93. The van der Waals surface area contributed by atoms with Gasteiger partial charge in [0.2, 0.25) is 6.79 Å². The van der Waals surface area contributed by atoms with E-state index >= 15 is 0 Å². The van der Waals surface area contributed by atoms with Crippen molar-refractivity contribution in [3.8, 4) is 22.5 Å². The van der Waals surface area contributed by atoms with E-state index in [0.29, 0.717) is 33.5 Å². The fourth-order valence-electron chi connectivity index (χ4n) is 3.34. The second-order valence-electron chi connectivity index (χ2n) is 6.72. The summed E-state index contributed by atoms with van der Waals surface area (Å²) in [5.41, 5.74) is 9.59. The molecule has 7 heteroatoms. The maximum atomic E-state index is 12.7. The Labute approximate surface area is 171 Å². The van der Waals surface area contributed by atoms with Gasteiger partial charge in [0.05, 0.1) is 11.6 Å². The zero-order chi connectivity index (χ0) is 21.3. The van der Waals surface area contributed by atoms with Gasteiger partial charge in [-0.1, -0.05) is 18.2 Å². The quantitative estimate of drug-likeness (QED) is 0.233. The van der Waals surface area contributed by atoms with Crippen molar-refractivity contribution < 1.29 is 28.9 Å². The highest BCUT2D eigenvalue weighted by atomic mass is 16.7. The Balaban J connectivity index is 1.94. The molecule has 4 N–H and O–H groups in total. The van der Waals surface area contributed by atoms with Gasteiger partial charge in [0.1, 0.15) is 11.3 Å². The monoisotopic (exact) mass is 403 g/mol. The van der Waals surface area contributed by atoms with Crippen LogP contribution in [0.4, 0.5) is 5.69 Å². The van der Waals surface area contributed by atoms with Crippen molar-refractivity contribution in [1.29, 1.82) is 0 Å². The van der Waals surface area contributed by atoms with Crippen molar-refractivity contribution in [2.45, 2.75) is 6.92 Å². The molecule has 7 nitrogen and oxygen atoms in total. The number of ether oxygens (including phenoxy) is 2. The fourth-order valence-corrected chi connectivity index (χ4v) is 3.34. The molecule has 1 aliphatic heterocycles. The highest BCUT2D eigenvalue weighted by Gasteiger charge is 2.22. The molecule has 0 saturated carbocycles. The number of anilines is 1. The summed E-state index contributed by atoms with van der Waals surface area (Å²) in [6.07, 6.45) is 0. The molecule has 0 bridgehead atoms. The lowest BCUT2D eigenvalue weighted by molar-refractivity contribution is -0.172.